The van der Waals surface area contributed by atoms with E-state index in [1.807, 2.05) is 14.0 Å². The number of benzene rings is 1. The molecule has 3 unspecified atom stereocenters. The molecule has 0 bridgehead atoms. The van der Waals surface area contributed by atoms with E-state index in [2.05, 4.69) is 5.32 Å². The van der Waals surface area contributed by atoms with Crippen molar-refractivity contribution in [2.24, 2.45) is 5.92 Å². The molecule has 1 aliphatic rings. The summed E-state index contributed by atoms with van der Waals surface area (Å²) < 4.78 is 43.1. The van der Waals surface area contributed by atoms with Crippen LogP contribution in [0, 0.1) is 5.92 Å². The summed E-state index contributed by atoms with van der Waals surface area (Å²) in [5, 5.41) is 3.26. The fourth-order valence-electron chi connectivity index (χ4n) is 2.72. The molecule has 0 saturated carbocycles. The molecule has 0 amide bonds. The van der Waals surface area contributed by atoms with E-state index in [0.717, 1.165) is 30.5 Å². The lowest BCUT2D eigenvalue weighted by atomic mass is 9.91. The standard InChI is InChI=1S/C15H20F3NO/c1-10-7-12(9-20-10)14(19-2)8-11-3-5-13(6-4-11)15(16,17)18/h3-6,10,12,14,19H,7-9H2,1-2H3. The number of alkyl halides is 3. The van der Waals surface area contributed by atoms with Gasteiger partial charge in [0.25, 0.3) is 0 Å². The molecule has 1 N–H and O–H groups in total. The maximum absolute atomic E-state index is 12.5. The fourth-order valence-corrected chi connectivity index (χ4v) is 2.72. The van der Waals surface area contributed by atoms with Gasteiger partial charge in [-0.05, 0) is 44.5 Å². The highest BCUT2D eigenvalue weighted by Crippen LogP contribution is 2.30. The van der Waals surface area contributed by atoms with Gasteiger partial charge in [0, 0.05) is 12.0 Å². The summed E-state index contributed by atoms with van der Waals surface area (Å²) in [6.07, 6.45) is -2.29. The maximum Gasteiger partial charge on any atom is 0.416 e. The van der Waals surface area contributed by atoms with E-state index in [9.17, 15) is 13.2 Å². The quantitative estimate of drug-likeness (QED) is 0.917. The Labute approximate surface area is 117 Å². The summed E-state index contributed by atoms with van der Waals surface area (Å²) in [6, 6.07) is 5.65. The number of halogens is 3. The van der Waals surface area contributed by atoms with Crippen LogP contribution in [0.5, 0.6) is 0 Å². The van der Waals surface area contributed by atoms with Gasteiger partial charge in [-0.15, -0.1) is 0 Å². The summed E-state index contributed by atoms with van der Waals surface area (Å²) in [4.78, 5) is 0. The molecule has 0 radical (unpaired) electrons. The average Bonchev–Trinajstić information content (AvgIpc) is 2.82. The van der Waals surface area contributed by atoms with Crippen LogP contribution in [-0.2, 0) is 17.3 Å². The van der Waals surface area contributed by atoms with E-state index in [1.54, 1.807) is 12.1 Å². The van der Waals surface area contributed by atoms with Gasteiger partial charge < -0.3 is 10.1 Å². The highest BCUT2D eigenvalue weighted by molar-refractivity contribution is 5.25. The SMILES string of the molecule is CNC(Cc1ccc(C(F)(F)F)cc1)C1COC(C)C1. The molecule has 5 heteroatoms. The Hall–Kier alpha value is -1.07. The second-order valence-corrected chi connectivity index (χ2v) is 5.43. The third kappa shape index (κ3) is 3.73. The molecule has 20 heavy (non-hydrogen) atoms. The topological polar surface area (TPSA) is 21.3 Å². The first-order valence-corrected chi connectivity index (χ1v) is 6.85. The molecule has 1 saturated heterocycles. The molecule has 0 aromatic heterocycles. The van der Waals surface area contributed by atoms with E-state index in [0.29, 0.717) is 12.5 Å². The minimum Gasteiger partial charge on any atom is -0.378 e. The van der Waals surface area contributed by atoms with Crippen LogP contribution in [-0.4, -0.2) is 25.8 Å². The fraction of sp³-hybridized carbons (Fsp3) is 0.600. The summed E-state index contributed by atoms with van der Waals surface area (Å²) in [7, 11) is 1.89. The van der Waals surface area contributed by atoms with Gasteiger partial charge in [-0.2, -0.15) is 13.2 Å². The second-order valence-electron chi connectivity index (χ2n) is 5.43. The van der Waals surface area contributed by atoms with E-state index in [-0.39, 0.29) is 12.1 Å². The lowest BCUT2D eigenvalue weighted by Gasteiger charge is -2.22. The average molecular weight is 287 g/mol. The Kier molecular flexibility index (Phi) is 4.70. The van der Waals surface area contributed by atoms with E-state index >= 15 is 0 Å². The van der Waals surface area contributed by atoms with Crippen molar-refractivity contribution in [3.8, 4) is 0 Å². The van der Waals surface area contributed by atoms with E-state index < -0.39 is 11.7 Å². The Morgan fingerprint density at radius 3 is 2.40 bits per heavy atom. The van der Waals surface area contributed by atoms with Crippen LogP contribution in [0.4, 0.5) is 13.2 Å². The molecule has 1 aliphatic heterocycles. The van der Waals surface area contributed by atoms with E-state index in [4.69, 9.17) is 4.74 Å². The molecule has 1 fully saturated rings. The van der Waals surface area contributed by atoms with Gasteiger partial charge in [-0.25, -0.2) is 0 Å². The normalized spacial score (nSPS) is 24.9. The first-order chi connectivity index (χ1) is 9.40. The largest absolute Gasteiger partial charge is 0.416 e. The molecule has 0 aliphatic carbocycles. The number of hydrogen-bond acceptors (Lipinski definition) is 2. The zero-order valence-electron chi connectivity index (χ0n) is 11.7. The van der Waals surface area contributed by atoms with Gasteiger partial charge in [0.05, 0.1) is 18.3 Å². The Balaban J connectivity index is 2.01. The summed E-state index contributed by atoms with van der Waals surface area (Å²) in [5.41, 5.74) is 0.317. The van der Waals surface area contributed by atoms with Crippen molar-refractivity contribution >= 4 is 0 Å². The van der Waals surface area contributed by atoms with Gasteiger partial charge in [0.2, 0.25) is 0 Å². The minimum absolute atomic E-state index is 0.233. The third-order valence-corrected chi connectivity index (χ3v) is 3.91. The van der Waals surface area contributed by atoms with Crippen molar-refractivity contribution in [1.82, 2.24) is 5.32 Å². The Morgan fingerprint density at radius 2 is 1.95 bits per heavy atom. The number of nitrogens with one attached hydrogen (secondary N) is 1. The van der Waals surface area contributed by atoms with Crippen molar-refractivity contribution in [2.45, 2.75) is 38.1 Å². The van der Waals surface area contributed by atoms with Crippen LogP contribution in [0.2, 0.25) is 0 Å². The molecule has 2 nitrogen and oxygen atoms in total. The lowest BCUT2D eigenvalue weighted by molar-refractivity contribution is -0.137. The highest BCUT2D eigenvalue weighted by Gasteiger charge is 2.31. The second kappa shape index (κ2) is 6.14. The third-order valence-electron chi connectivity index (χ3n) is 3.91. The van der Waals surface area contributed by atoms with Gasteiger partial charge in [0.1, 0.15) is 0 Å². The first kappa shape index (κ1) is 15.3. The highest BCUT2D eigenvalue weighted by atomic mass is 19.4. The molecular weight excluding hydrogens is 267 g/mol. The van der Waals surface area contributed by atoms with Crippen molar-refractivity contribution in [2.75, 3.05) is 13.7 Å². The predicted octanol–water partition coefficient (Wildman–Crippen LogP) is 3.26. The number of hydrogen-bond donors (Lipinski definition) is 1. The molecule has 112 valence electrons. The van der Waals surface area contributed by atoms with Gasteiger partial charge in [-0.3, -0.25) is 0 Å². The first-order valence-electron chi connectivity index (χ1n) is 6.85. The van der Waals surface area contributed by atoms with Crippen LogP contribution in [0.25, 0.3) is 0 Å². The number of rotatable bonds is 4. The summed E-state index contributed by atoms with van der Waals surface area (Å²) >= 11 is 0. The van der Waals surface area contributed by atoms with Crippen molar-refractivity contribution < 1.29 is 17.9 Å². The molecule has 0 spiro atoms. The molecule has 1 aromatic carbocycles. The van der Waals surface area contributed by atoms with Crippen molar-refractivity contribution in [1.29, 1.82) is 0 Å². The van der Waals surface area contributed by atoms with Crippen LogP contribution in [0.15, 0.2) is 24.3 Å². The summed E-state index contributed by atoms with van der Waals surface area (Å²) in [5.74, 6) is 0.414. The minimum atomic E-state index is -4.27. The monoisotopic (exact) mass is 287 g/mol. The summed E-state index contributed by atoms with van der Waals surface area (Å²) in [6.45, 7) is 2.76. The molecule has 2 rings (SSSR count). The van der Waals surface area contributed by atoms with Crippen LogP contribution in [0.1, 0.15) is 24.5 Å². The van der Waals surface area contributed by atoms with Crippen LogP contribution >= 0.6 is 0 Å². The van der Waals surface area contributed by atoms with Crippen LogP contribution in [0.3, 0.4) is 0 Å². The van der Waals surface area contributed by atoms with Gasteiger partial charge in [0.15, 0.2) is 0 Å². The zero-order chi connectivity index (χ0) is 14.8. The molecule has 1 heterocycles. The smallest absolute Gasteiger partial charge is 0.378 e. The van der Waals surface area contributed by atoms with Crippen molar-refractivity contribution in [3.05, 3.63) is 35.4 Å². The number of ether oxygens (including phenoxy) is 1. The van der Waals surface area contributed by atoms with E-state index in [1.165, 1.54) is 0 Å². The van der Waals surface area contributed by atoms with Crippen molar-refractivity contribution in [3.63, 3.8) is 0 Å². The molecule has 3 atom stereocenters. The maximum atomic E-state index is 12.5. The predicted molar refractivity (Wildman–Crippen MR) is 71.5 cm³/mol. The van der Waals surface area contributed by atoms with Crippen LogP contribution < -0.4 is 5.32 Å². The molecule has 1 aromatic rings. The lowest BCUT2D eigenvalue weighted by Crippen LogP contribution is -2.36. The Bertz CT molecular complexity index is 430. The molecular formula is C15H20F3NO. The Morgan fingerprint density at radius 1 is 1.30 bits per heavy atom. The van der Waals surface area contributed by atoms with Gasteiger partial charge in [-0.1, -0.05) is 12.1 Å². The number of likely N-dealkylation sites (N-methyl/N-ethyl adjacent to an activating group) is 1. The van der Waals surface area contributed by atoms with Gasteiger partial charge >= 0.3 is 6.18 Å². The zero-order valence-corrected chi connectivity index (χ0v) is 11.7.